The summed E-state index contributed by atoms with van der Waals surface area (Å²) < 4.78 is 2.46. The maximum atomic E-state index is 3.49. The van der Waals surface area contributed by atoms with E-state index in [1.165, 1.54) is 21.8 Å². The molecule has 0 radical (unpaired) electrons. The van der Waals surface area contributed by atoms with Gasteiger partial charge in [-0.3, -0.25) is 0 Å². The maximum Gasteiger partial charge on any atom is 0.0491 e. The monoisotopic (exact) mass is 280 g/mol. The first-order valence-electron chi connectivity index (χ1n) is 7.65. The second kappa shape index (κ2) is 5.19. The van der Waals surface area contributed by atoms with Crippen molar-refractivity contribution in [3.05, 3.63) is 48.5 Å². The molecule has 1 heterocycles. The molecule has 0 saturated heterocycles. The van der Waals surface area contributed by atoms with Crippen LogP contribution >= 0.6 is 0 Å². The number of rotatable bonds is 3. The second-order valence-corrected chi connectivity index (χ2v) is 6.85. The number of para-hydroxylation sites is 2. The first-order chi connectivity index (χ1) is 10.0. The van der Waals surface area contributed by atoms with Crippen molar-refractivity contribution < 1.29 is 0 Å². The van der Waals surface area contributed by atoms with Gasteiger partial charge in [0.2, 0.25) is 0 Å². The highest BCUT2D eigenvalue weighted by molar-refractivity contribution is 6.07. The summed E-state index contributed by atoms with van der Waals surface area (Å²) in [4.78, 5) is 0. The van der Waals surface area contributed by atoms with E-state index in [1.807, 2.05) is 0 Å². The molecule has 0 fully saturated rings. The van der Waals surface area contributed by atoms with Gasteiger partial charge in [0.25, 0.3) is 0 Å². The van der Waals surface area contributed by atoms with Crippen LogP contribution in [-0.2, 0) is 6.54 Å². The van der Waals surface area contributed by atoms with Crippen molar-refractivity contribution >= 4 is 21.8 Å². The SMILES string of the molecule is CNC(Cn1c2ccccc2c2ccccc21)C(C)(C)C. The molecule has 1 unspecified atom stereocenters. The summed E-state index contributed by atoms with van der Waals surface area (Å²) in [7, 11) is 2.06. The van der Waals surface area contributed by atoms with Crippen LogP contribution in [-0.4, -0.2) is 17.7 Å². The first-order valence-corrected chi connectivity index (χ1v) is 7.65. The van der Waals surface area contributed by atoms with E-state index < -0.39 is 0 Å². The van der Waals surface area contributed by atoms with E-state index in [1.54, 1.807) is 0 Å². The molecule has 0 aliphatic carbocycles. The number of fused-ring (bicyclic) bond motifs is 3. The van der Waals surface area contributed by atoms with Gasteiger partial charge in [0.05, 0.1) is 0 Å². The summed E-state index contributed by atoms with van der Waals surface area (Å²) in [6.45, 7) is 7.86. The molecule has 0 amide bonds. The van der Waals surface area contributed by atoms with Crippen LogP contribution in [0.3, 0.4) is 0 Å². The quantitative estimate of drug-likeness (QED) is 0.751. The van der Waals surface area contributed by atoms with E-state index in [0.717, 1.165) is 6.54 Å². The van der Waals surface area contributed by atoms with Crippen molar-refractivity contribution in [3.8, 4) is 0 Å². The van der Waals surface area contributed by atoms with Gasteiger partial charge in [0.1, 0.15) is 0 Å². The number of benzene rings is 2. The molecular weight excluding hydrogens is 256 g/mol. The van der Waals surface area contributed by atoms with Crippen LogP contribution in [0.2, 0.25) is 0 Å². The third-order valence-electron chi connectivity index (χ3n) is 4.44. The van der Waals surface area contributed by atoms with Gasteiger partial charge in [0, 0.05) is 34.4 Å². The van der Waals surface area contributed by atoms with Gasteiger partial charge in [-0.15, -0.1) is 0 Å². The number of likely N-dealkylation sites (N-methyl/N-ethyl adjacent to an activating group) is 1. The Morgan fingerprint density at radius 3 is 1.81 bits per heavy atom. The Hall–Kier alpha value is -1.80. The van der Waals surface area contributed by atoms with Crippen LogP contribution in [0.1, 0.15) is 20.8 Å². The van der Waals surface area contributed by atoms with Crippen LogP contribution in [0.15, 0.2) is 48.5 Å². The molecule has 1 atom stereocenters. The average Bonchev–Trinajstić information content (AvgIpc) is 2.78. The lowest BCUT2D eigenvalue weighted by molar-refractivity contribution is 0.258. The van der Waals surface area contributed by atoms with Crippen LogP contribution in [0, 0.1) is 5.41 Å². The van der Waals surface area contributed by atoms with Gasteiger partial charge in [-0.2, -0.15) is 0 Å². The molecule has 21 heavy (non-hydrogen) atoms. The summed E-state index contributed by atoms with van der Waals surface area (Å²) in [5.74, 6) is 0. The largest absolute Gasteiger partial charge is 0.339 e. The third-order valence-corrected chi connectivity index (χ3v) is 4.44. The fourth-order valence-electron chi connectivity index (χ4n) is 3.18. The van der Waals surface area contributed by atoms with Crippen LogP contribution < -0.4 is 5.32 Å². The summed E-state index contributed by atoms with van der Waals surface area (Å²) in [6.07, 6.45) is 0. The van der Waals surface area contributed by atoms with Crippen molar-refractivity contribution in [2.24, 2.45) is 5.41 Å². The molecule has 3 rings (SSSR count). The molecule has 2 aromatic carbocycles. The molecule has 2 heteroatoms. The summed E-state index contributed by atoms with van der Waals surface area (Å²) in [5, 5.41) is 6.18. The van der Waals surface area contributed by atoms with Gasteiger partial charge >= 0.3 is 0 Å². The minimum absolute atomic E-state index is 0.223. The first kappa shape index (κ1) is 14.2. The van der Waals surface area contributed by atoms with E-state index in [2.05, 4.69) is 86.2 Å². The van der Waals surface area contributed by atoms with Crippen molar-refractivity contribution in [3.63, 3.8) is 0 Å². The predicted octanol–water partition coefficient (Wildman–Crippen LogP) is 4.43. The fraction of sp³-hybridized carbons (Fsp3) is 0.368. The Morgan fingerprint density at radius 1 is 0.905 bits per heavy atom. The Morgan fingerprint density at radius 2 is 1.38 bits per heavy atom. The maximum absolute atomic E-state index is 3.49. The lowest BCUT2D eigenvalue weighted by Crippen LogP contribution is -2.41. The number of hydrogen-bond acceptors (Lipinski definition) is 1. The van der Waals surface area contributed by atoms with E-state index >= 15 is 0 Å². The standard InChI is InChI=1S/C19H24N2/c1-19(2,3)18(20-4)13-21-16-11-7-5-9-14(16)15-10-6-8-12-17(15)21/h5-12,18,20H,13H2,1-4H3. The Balaban J connectivity index is 2.20. The van der Waals surface area contributed by atoms with Gasteiger partial charge in [-0.25, -0.2) is 0 Å². The van der Waals surface area contributed by atoms with Crippen molar-refractivity contribution in [1.29, 1.82) is 0 Å². The highest BCUT2D eigenvalue weighted by Gasteiger charge is 2.24. The molecule has 2 nitrogen and oxygen atoms in total. The Labute approximate surface area is 126 Å². The molecule has 0 aliphatic rings. The van der Waals surface area contributed by atoms with Crippen molar-refractivity contribution in [2.75, 3.05) is 7.05 Å². The molecule has 0 bridgehead atoms. The fourth-order valence-corrected chi connectivity index (χ4v) is 3.18. The highest BCUT2D eigenvalue weighted by atomic mass is 15.0. The van der Waals surface area contributed by atoms with Gasteiger partial charge in [-0.05, 0) is 24.6 Å². The molecular formula is C19H24N2. The summed E-state index contributed by atoms with van der Waals surface area (Å²) in [5.41, 5.74) is 2.87. The zero-order chi connectivity index (χ0) is 15.0. The lowest BCUT2D eigenvalue weighted by atomic mass is 9.86. The Bertz CT molecular complexity index is 709. The van der Waals surface area contributed by atoms with Crippen LogP contribution in [0.4, 0.5) is 0 Å². The number of nitrogens with one attached hydrogen (secondary N) is 1. The number of nitrogens with zero attached hydrogens (tertiary/aromatic N) is 1. The van der Waals surface area contributed by atoms with E-state index in [9.17, 15) is 0 Å². The zero-order valence-electron chi connectivity index (χ0n) is 13.4. The van der Waals surface area contributed by atoms with Crippen LogP contribution in [0.5, 0.6) is 0 Å². The van der Waals surface area contributed by atoms with Crippen molar-refractivity contribution in [2.45, 2.75) is 33.4 Å². The number of hydrogen-bond donors (Lipinski definition) is 1. The minimum Gasteiger partial charge on any atom is -0.339 e. The molecule has 1 N–H and O–H groups in total. The smallest absolute Gasteiger partial charge is 0.0491 e. The Kier molecular flexibility index (Phi) is 3.50. The van der Waals surface area contributed by atoms with E-state index in [4.69, 9.17) is 0 Å². The third kappa shape index (κ3) is 2.44. The second-order valence-electron chi connectivity index (χ2n) is 6.85. The zero-order valence-corrected chi connectivity index (χ0v) is 13.4. The van der Waals surface area contributed by atoms with Crippen molar-refractivity contribution in [1.82, 2.24) is 9.88 Å². The molecule has 0 saturated carbocycles. The van der Waals surface area contributed by atoms with Crippen LogP contribution in [0.25, 0.3) is 21.8 Å². The average molecular weight is 280 g/mol. The van der Waals surface area contributed by atoms with Gasteiger partial charge in [-0.1, -0.05) is 57.2 Å². The lowest BCUT2D eigenvalue weighted by Gasteiger charge is -2.31. The van der Waals surface area contributed by atoms with Gasteiger partial charge < -0.3 is 9.88 Å². The molecule has 0 aliphatic heterocycles. The minimum atomic E-state index is 0.223. The van der Waals surface area contributed by atoms with Gasteiger partial charge in [0.15, 0.2) is 0 Å². The molecule has 1 aromatic heterocycles. The highest BCUT2D eigenvalue weighted by Crippen LogP contribution is 2.30. The topological polar surface area (TPSA) is 17.0 Å². The molecule has 3 aromatic rings. The van der Waals surface area contributed by atoms with E-state index in [0.29, 0.717) is 6.04 Å². The molecule has 110 valence electrons. The molecule has 0 spiro atoms. The predicted molar refractivity (Wildman–Crippen MR) is 91.7 cm³/mol. The summed E-state index contributed by atoms with van der Waals surface area (Å²) >= 11 is 0. The van der Waals surface area contributed by atoms with E-state index in [-0.39, 0.29) is 5.41 Å². The normalized spacial score (nSPS) is 13.9. The summed E-state index contributed by atoms with van der Waals surface area (Å²) in [6, 6.07) is 17.8. The number of aromatic nitrogens is 1.